The molecule has 2 aliphatic carbocycles. The largest absolute Gasteiger partial charge is 0.453 e. The highest BCUT2D eigenvalue weighted by Crippen LogP contribution is 2.31. The molecule has 1 unspecified atom stereocenters. The van der Waals surface area contributed by atoms with E-state index in [-0.39, 0.29) is 12.0 Å². The molecule has 144 valence electrons. The minimum atomic E-state index is -0.582. The number of anilines is 1. The van der Waals surface area contributed by atoms with Crippen LogP contribution in [0.4, 0.5) is 9.93 Å². The number of hydrogen-bond acceptors (Lipinski definition) is 7. The van der Waals surface area contributed by atoms with E-state index in [1.54, 1.807) is 4.90 Å². The van der Waals surface area contributed by atoms with Gasteiger partial charge in [0.15, 0.2) is 5.13 Å². The average Bonchev–Trinajstić information content (AvgIpc) is 3.03. The van der Waals surface area contributed by atoms with Gasteiger partial charge in [-0.2, -0.15) is 0 Å². The van der Waals surface area contributed by atoms with Crippen LogP contribution in [-0.4, -0.2) is 34.5 Å². The van der Waals surface area contributed by atoms with Crippen molar-refractivity contribution in [2.24, 2.45) is 5.92 Å². The van der Waals surface area contributed by atoms with Gasteiger partial charge in [-0.3, -0.25) is 0 Å². The maximum Gasteiger partial charge on any atom is 0.453 e. The predicted molar refractivity (Wildman–Crippen MR) is 98.5 cm³/mol. The smallest absolute Gasteiger partial charge is 0.375 e. The summed E-state index contributed by atoms with van der Waals surface area (Å²) in [7, 11) is 0. The Bertz CT molecular complexity index is 642. The zero-order valence-electron chi connectivity index (χ0n) is 15.2. The van der Waals surface area contributed by atoms with Crippen molar-refractivity contribution in [3.05, 3.63) is 10.6 Å². The number of nitrogens with zero attached hydrogens (tertiary/aromatic N) is 2. The molecule has 1 aromatic heterocycles. The number of carbonyl (C=O) groups is 2. The van der Waals surface area contributed by atoms with Gasteiger partial charge in [0, 0.05) is 23.9 Å². The molecule has 1 heterocycles. The summed E-state index contributed by atoms with van der Waals surface area (Å²) in [4.78, 5) is 41.6. The molecule has 2 N–H and O–H groups in total. The van der Waals surface area contributed by atoms with Gasteiger partial charge in [-0.25, -0.2) is 24.3 Å². The van der Waals surface area contributed by atoms with Crippen molar-refractivity contribution in [2.75, 3.05) is 12.3 Å². The fourth-order valence-electron chi connectivity index (χ4n) is 3.84. The van der Waals surface area contributed by atoms with Crippen molar-refractivity contribution in [2.45, 2.75) is 70.8 Å². The van der Waals surface area contributed by atoms with Crippen LogP contribution >= 0.6 is 11.3 Å². The molecule has 0 saturated heterocycles. The average molecular weight is 381 g/mol. The van der Waals surface area contributed by atoms with Gasteiger partial charge in [-0.1, -0.05) is 26.2 Å². The van der Waals surface area contributed by atoms with E-state index in [1.165, 1.54) is 11.3 Å². The fourth-order valence-corrected chi connectivity index (χ4v) is 4.79. The van der Waals surface area contributed by atoms with E-state index in [9.17, 15) is 9.59 Å². The van der Waals surface area contributed by atoms with Crippen LogP contribution in [0, 0.1) is 5.92 Å². The van der Waals surface area contributed by atoms with Gasteiger partial charge >= 0.3 is 12.1 Å². The topological polar surface area (TPSA) is 94.8 Å². The van der Waals surface area contributed by atoms with E-state index in [0.717, 1.165) is 68.4 Å². The Kier molecular flexibility index (Phi) is 6.34. The molecule has 8 heteroatoms. The first-order chi connectivity index (χ1) is 12.6. The van der Waals surface area contributed by atoms with Crippen LogP contribution in [0.25, 0.3) is 0 Å². The third-order valence-corrected chi connectivity index (χ3v) is 6.15. The van der Waals surface area contributed by atoms with Crippen molar-refractivity contribution in [1.29, 1.82) is 0 Å². The molecule has 1 atom stereocenters. The first-order valence-corrected chi connectivity index (χ1v) is 10.3. The lowest BCUT2D eigenvalue weighted by molar-refractivity contribution is -0.243. The Labute approximate surface area is 157 Å². The number of rotatable bonds is 4. The highest BCUT2D eigenvalue weighted by Gasteiger charge is 2.32. The number of carbonyl (C=O) groups excluding carboxylic acids is 2. The molecule has 0 radical (unpaired) electrons. The summed E-state index contributed by atoms with van der Waals surface area (Å²) in [6.45, 7) is 2.57. The molecule has 3 rings (SSSR count). The first-order valence-electron chi connectivity index (χ1n) is 9.51. The highest BCUT2D eigenvalue weighted by molar-refractivity contribution is 7.15. The lowest BCUT2D eigenvalue weighted by Crippen LogP contribution is -2.44. The number of amides is 1. The summed E-state index contributed by atoms with van der Waals surface area (Å²) in [5.74, 6) is -0.566. The lowest BCUT2D eigenvalue weighted by atomic mass is 9.89. The predicted octanol–water partition coefficient (Wildman–Crippen LogP) is 3.47. The number of fused-ring (bicyclic) bond motifs is 1. The van der Waals surface area contributed by atoms with Gasteiger partial charge in [0.2, 0.25) is 0 Å². The summed E-state index contributed by atoms with van der Waals surface area (Å²) >= 11 is 1.48. The Balaban J connectivity index is 1.56. The van der Waals surface area contributed by atoms with Crippen LogP contribution in [0.3, 0.4) is 0 Å². The molecule has 1 saturated carbocycles. The minimum Gasteiger partial charge on any atom is -0.375 e. The number of aryl methyl sites for hydroxylation is 1. The van der Waals surface area contributed by atoms with Gasteiger partial charge in [0.05, 0.1) is 11.6 Å². The third-order valence-electron chi connectivity index (χ3n) is 5.20. The third kappa shape index (κ3) is 4.47. The van der Waals surface area contributed by atoms with E-state index < -0.39 is 12.1 Å². The second-order valence-electron chi connectivity index (χ2n) is 7.10. The van der Waals surface area contributed by atoms with Crippen LogP contribution in [-0.2, 0) is 27.4 Å². The van der Waals surface area contributed by atoms with Crippen molar-refractivity contribution < 1.29 is 19.4 Å². The molecule has 1 amide bonds. The minimum absolute atomic E-state index is 0.0168. The summed E-state index contributed by atoms with van der Waals surface area (Å²) < 4.78 is 0. The van der Waals surface area contributed by atoms with Gasteiger partial charge in [-0.15, -0.1) is 11.3 Å². The summed E-state index contributed by atoms with van der Waals surface area (Å²) in [6, 6.07) is 0.0168. The Morgan fingerprint density at radius 2 is 2.00 bits per heavy atom. The molecule has 0 spiro atoms. The molecule has 7 nitrogen and oxygen atoms in total. The maximum atomic E-state index is 12.5. The summed E-state index contributed by atoms with van der Waals surface area (Å²) in [6.07, 6.45) is 7.37. The van der Waals surface area contributed by atoms with Crippen molar-refractivity contribution in [3.8, 4) is 0 Å². The van der Waals surface area contributed by atoms with E-state index in [1.807, 2.05) is 6.92 Å². The first kappa shape index (κ1) is 18.9. The molecule has 0 aromatic carbocycles. The fraction of sp³-hybridized carbons (Fsp3) is 0.722. The van der Waals surface area contributed by atoms with Gasteiger partial charge in [0.1, 0.15) is 0 Å². The zero-order chi connectivity index (χ0) is 18.5. The molecule has 2 aliphatic rings. The van der Waals surface area contributed by atoms with Crippen molar-refractivity contribution in [3.63, 3.8) is 0 Å². The molecule has 1 aromatic rings. The molecular weight excluding hydrogens is 354 g/mol. The SMILES string of the molecule is CCCN(C(=O)OOC(=O)C1CCCCC1)C1CCc2nc(N)sc2C1. The van der Waals surface area contributed by atoms with Gasteiger partial charge in [0.25, 0.3) is 0 Å². The maximum absolute atomic E-state index is 12.5. The highest BCUT2D eigenvalue weighted by atomic mass is 32.1. The number of hydrogen-bond donors (Lipinski definition) is 1. The standard InChI is InChI=1S/C18H27N3O4S/c1-2-10-21(13-8-9-14-15(11-13)26-17(19)20-14)18(23)25-24-16(22)12-6-4-3-5-7-12/h12-13H,2-11H2,1H3,(H2,19,20). The van der Waals surface area contributed by atoms with Crippen LogP contribution in [0.5, 0.6) is 0 Å². The van der Waals surface area contributed by atoms with Gasteiger partial charge < -0.3 is 10.6 Å². The normalized spacial score (nSPS) is 20.3. The molecule has 26 heavy (non-hydrogen) atoms. The molecule has 0 aliphatic heterocycles. The van der Waals surface area contributed by atoms with Crippen LogP contribution < -0.4 is 5.73 Å². The van der Waals surface area contributed by atoms with E-state index in [0.29, 0.717) is 11.7 Å². The van der Waals surface area contributed by atoms with Crippen molar-refractivity contribution in [1.82, 2.24) is 9.88 Å². The molecular formula is C18H27N3O4S. The van der Waals surface area contributed by atoms with E-state index in [4.69, 9.17) is 15.5 Å². The van der Waals surface area contributed by atoms with Crippen LogP contribution in [0.1, 0.15) is 62.4 Å². The zero-order valence-corrected chi connectivity index (χ0v) is 16.1. The Hall–Kier alpha value is -1.83. The van der Waals surface area contributed by atoms with Crippen LogP contribution in [0.15, 0.2) is 0 Å². The summed E-state index contributed by atoms with van der Waals surface area (Å²) in [5.41, 5.74) is 6.83. The summed E-state index contributed by atoms with van der Waals surface area (Å²) in [5, 5.41) is 0.571. The monoisotopic (exact) mass is 381 g/mol. The number of nitrogens with two attached hydrogens (primary N) is 1. The van der Waals surface area contributed by atoms with E-state index in [2.05, 4.69) is 4.98 Å². The molecule has 1 fully saturated rings. The second kappa shape index (κ2) is 8.70. The quantitative estimate of drug-likeness (QED) is 0.634. The Morgan fingerprint density at radius 1 is 1.23 bits per heavy atom. The van der Waals surface area contributed by atoms with Crippen LogP contribution in [0.2, 0.25) is 0 Å². The number of thiazole rings is 1. The van der Waals surface area contributed by atoms with E-state index >= 15 is 0 Å². The van der Waals surface area contributed by atoms with Crippen molar-refractivity contribution >= 4 is 28.5 Å². The lowest BCUT2D eigenvalue weighted by Gasteiger charge is -2.32. The van der Waals surface area contributed by atoms with Gasteiger partial charge in [-0.05, 0) is 32.1 Å². The number of aromatic nitrogens is 1. The molecule has 0 bridgehead atoms. The Morgan fingerprint density at radius 3 is 2.73 bits per heavy atom. The second-order valence-corrected chi connectivity index (χ2v) is 8.21. The number of nitrogen functional groups attached to an aromatic ring is 1.